The fourth-order valence-electron chi connectivity index (χ4n) is 1.63. The first-order chi connectivity index (χ1) is 5.73. The van der Waals surface area contributed by atoms with Crippen LogP contribution < -0.4 is 5.32 Å². The molecule has 0 fully saturated rings. The van der Waals surface area contributed by atoms with Crippen molar-refractivity contribution in [1.29, 1.82) is 0 Å². The summed E-state index contributed by atoms with van der Waals surface area (Å²) in [4.78, 5) is 0. The van der Waals surface area contributed by atoms with Crippen LogP contribution in [0.1, 0.15) is 54.4 Å². The molecule has 0 radical (unpaired) electrons. The maximum atomic E-state index is 3.45. The Morgan fingerprint density at radius 2 is 1.54 bits per heavy atom. The summed E-state index contributed by atoms with van der Waals surface area (Å²) in [5.74, 6) is 0. The number of hydrogen-bond donors (Lipinski definition) is 1. The summed E-state index contributed by atoms with van der Waals surface area (Å²) in [7, 11) is 2.08. The molecule has 0 aromatic carbocycles. The summed E-state index contributed by atoms with van der Waals surface area (Å²) < 4.78 is 0. The Morgan fingerprint density at radius 1 is 1.08 bits per heavy atom. The van der Waals surface area contributed by atoms with Crippen LogP contribution in [0.2, 0.25) is 0 Å². The zero-order chi connectivity index (χ0) is 10.7. The van der Waals surface area contributed by atoms with Crippen molar-refractivity contribution in [3.63, 3.8) is 0 Å². The van der Waals surface area contributed by atoms with E-state index in [9.17, 15) is 0 Å². The minimum absolute atomic E-state index is 0.405. The lowest BCUT2D eigenvalue weighted by Gasteiger charge is -2.37. The highest BCUT2D eigenvalue weighted by Crippen LogP contribution is 2.32. The summed E-state index contributed by atoms with van der Waals surface area (Å²) >= 11 is 0. The predicted octanol–water partition coefficient (Wildman–Crippen LogP) is 3.45. The third kappa shape index (κ3) is 4.66. The van der Waals surface area contributed by atoms with E-state index in [2.05, 4.69) is 53.9 Å². The molecule has 0 aliphatic carbocycles. The fraction of sp³-hybridized carbons (Fsp3) is 1.00. The van der Waals surface area contributed by atoms with E-state index in [0.29, 0.717) is 16.9 Å². The largest absolute Gasteiger partial charge is 0.316 e. The highest BCUT2D eigenvalue weighted by Gasteiger charge is 2.29. The normalized spacial score (nSPS) is 15.9. The molecule has 1 nitrogen and oxygen atoms in total. The van der Waals surface area contributed by atoms with Crippen molar-refractivity contribution < 1.29 is 0 Å². The van der Waals surface area contributed by atoms with Crippen LogP contribution in [-0.4, -0.2) is 13.1 Å². The van der Waals surface area contributed by atoms with Gasteiger partial charge in [-0.1, -0.05) is 41.5 Å². The summed E-state index contributed by atoms with van der Waals surface area (Å²) in [6, 6.07) is 0.623. The molecule has 1 unspecified atom stereocenters. The standard InChI is InChI=1S/C12H27N/c1-8-12(5,6)10(13-7)9-11(2,3)4/h10,13H,8-9H2,1-7H3. The molecule has 0 saturated heterocycles. The van der Waals surface area contributed by atoms with Crippen molar-refractivity contribution in [3.8, 4) is 0 Å². The van der Waals surface area contributed by atoms with Crippen molar-refractivity contribution in [3.05, 3.63) is 0 Å². The van der Waals surface area contributed by atoms with Gasteiger partial charge in [0.05, 0.1) is 0 Å². The molecule has 1 atom stereocenters. The average Bonchev–Trinajstić information content (AvgIpc) is 1.98. The van der Waals surface area contributed by atoms with Gasteiger partial charge in [-0.15, -0.1) is 0 Å². The second-order valence-corrected chi connectivity index (χ2v) is 5.95. The van der Waals surface area contributed by atoms with E-state index in [1.54, 1.807) is 0 Å². The second-order valence-electron chi connectivity index (χ2n) is 5.95. The number of rotatable bonds is 4. The zero-order valence-corrected chi connectivity index (χ0v) is 10.5. The van der Waals surface area contributed by atoms with Crippen LogP contribution in [0.25, 0.3) is 0 Å². The van der Waals surface area contributed by atoms with Crippen molar-refractivity contribution in [1.82, 2.24) is 5.32 Å². The monoisotopic (exact) mass is 185 g/mol. The first-order valence-corrected chi connectivity index (χ1v) is 5.40. The van der Waals surface area contributed by atoms with Crippen LogP contribution in [0.4, 0.5) is 0 Å². The molecular formula is C12H27N. The van der Waals surface area contributed by atoms with Crippen LogP contribution in [0.3, 0.4) is 0 Å². The molecule has 1 N–H and O–H groups in total. The maximum absolute atomic E-state index is 3.45. The molecule has 80 valence electrons. The van der Waals surface area contributed by atoms with E-state index >= 15 is 0 Å². The highest BCUT2D eigenvalue weighted by molar-refractivity contribution is 4.85. The molecule has 0 aliphatic rings. The summed E-state index contributed by atoms with van der Waals surface area (Å²) in [6.45, 7) is 13.9. The van der Waals surface area contributed by atoms with Gasteiger partial charge in [0.25, 0.3) is 0 Å². The Labute approximate surface area is 84.3 Å². The quantitative estimate of drug-likeness (QED) is 0.707. The van der Waals surface area contributed by atoms with E-state index in [0.717, 1.165) is 0 Å². The Hall–Kier alpha value is -0.0400. The SMILES string of the molecule is CCC(C)(C)C(CC(C)(C)C)NC. The Kier molecular flexibility index (Phi) is 4.44. The predicted molar refractivity (Wildman–Crippen MR) is 61.0 cm³/mol. The molecule has 0 aromatic heterocycles. The lowest BCUT2D eigenvalue weighted by atomic mass is 9.74. The van der Waals surface area contributed by atoms with Gasteiger partial charge in [-0.3, -0.25) is 0 Å². The third-order valence-electron chi connectivity index (χ3n) is 3.02. The molecule has 1 heteroatoms. The van der Waals surface area contributed by atoms with E-state index in [1.807, 2.05) is 0 Å². The number of nitrogens with one attached hydrogen (secondary N) is 1. The van der Waals surface area contributed by atoms with Gasteiger partial charge in [-0.05, 0) is 30.7 Å². The first kappa shape index (κ1) is 13.0. The zero-order valence-electron chi connectivity index (χ0n) is 10.5. The first-order valence-electron chi connectivity index (χ1n) is 5.40. The van der Waals surface area contributed by atoms with Gasteiger partial charge in [-0.2, -0.15) is 0 Å². The van der Waals surface area contributed by atoms with Crippen molar-refractivity contribution >= 4 is 0 Å². The van der Waals surface area contributed by atoms with E-state index in [-0.39, 0.29) is 0 Å². The van der Waals surface area contributed by atoms with Gasteiger partial charge in [-0.25, -0.2) is 0 Å². The van der Waals surface area contributed by atoms with Crippen LogP contribution in [-0.2, 0) is 0 Å². The summed E-state index contributed by atoms with van der Waals surface area (Å²) in [5.41, 5.74) is 0.822. The van der Waals surface area contributed by atoms with Crippen molar-refractivity contribution in [2.45, 2.75) is 60.4 Å². The number of hydrogen-bond acceptors (Lipinski definition) is 1. The molecule has 0 amide bonds. The average molecular weight is 185 g/mol. The van der Waals surface area contributed by atoms with Crippen LogP contribution in [0.5, 0.6) is 0 Å². The van der Waals surface area contributed by atoms with Crippen LogP contribution in [0.15, 0.2) is 0 Å². The molecule has 0 aromatic rings. The smallest absolute Gasteiger partial charge is 0.0120 e. The molecule has 0 aliphatic heterocycles. The minimum Gasteiger partial charge on any atom is -0.316 e. The molecular weight excluding hydrogens is 158 g/mol. The Bertz CT molecular complexity index is 142. The Morgan fingerprint density at radius 3 is 1.77 bits per heavy atom. The lowest BCUT2D eigenvalue weighted by molar-refractivity contribution is 0.180. The second kappa shape index (κ2) is 4.45. The molecule has 0 rings (SSSR count). The molecule has 0 saturated carbocycles. The van der Waals surface area contributed by atoms with Gasteiger partial charge in [0.1, 0.15) is 0 Å². The highest BCUT2D eigenvalue weighted by atomic mass is 14.9. The minimum atomic E-state index is 0.405. The molecule has 13 heavy (non-hydrogen) atoms. The molecule has 0 spiro atoms. The van der Waals surface area contributed by atoms with Crippen molar-refractivity contribution in [2.24, 2.45) is 10.8 Å². The van der Waals surface area contributed by atoms with Gasteiger partial charge in [0.15, 0.2) is 0 Å². The fourth-order valence-corrected chi connectivity index (χ4v) is 1.63. The van der Waals surface area contributed by atoms with Crippen molar-refractivity contribution in [2.75, 3.05) is 7.05 Å². The van der Waals surface area contributed by atoms with E-state index < -0.39 is 0 Å². The maximum Gasteiger partial charge on any atom is 0.0120 e. The molecule has 0 bridgehead atoms. The third-order valence-corrected chi connectivity index (χ3v) is 3.02. The lowest BCUT2D eigenvalue weighted by Crippen LogP contribution is -2.42. The van der Waals surface area contributed by atoms with Gasteiger partial charge >= 0.3 is 0 Å². The van der Waals surface area contributed by atoms with Gasteiger partial charge in [0, 0.05) is 6.04 Å². The summed E-state index contributed by atoms with van der Waals surface area (Å²) in [5, 5.41) is 3.45. The van der Waals surface area contributed by atoms with Crippen LogP contribution in [0, 0.1) is 10.8 Å². The Balaban J connectivity index is 4.35. The molecule has 0 heterocycles. The van der Waals surface area contributed by atoms with Gasteiger partial charge < -0.3 is 5.32 Å². The topological polar surface area (TPSA) is 12.0 Å². The van der Waals surface area contributed by atoms with E-state index in [1.165, 1.54) is 12.8 Å². The van der Waals surface area contributed by atoms with Crippen LogP contribution >= 0.6 is 0 Å². The van der Waals surface area contributed by atoms with E-state index in [4.69, 9.17) is 0 Å². The van der Waals surface area contributed by atoms with Gasteiger partial charge in [0.2, 0.25) is 0 Å². The summed E-state index contributed by atoms with van der Waals surface area (Å²) in [6.07, 6.45) is 2.47.